The van der Waals surface area contributed by atoms with Crippen LogP contribution in [0.5, 0.6) is 5.75 Å². The Morgan fingerprint density at radius 3 is 2.83 bits per heavy atom. The summed E-state index contributed by atoms with van der Waals surface area (Å²) in [6, 6.07) is 12.2. The Kier molecular flexibility index (Phi) is 6.66. The number of hydrazone groups is 1. The molecule has 7 heteroatoms. The fraction of sp³-hybridized carbons (Fsp3) is 0.125. The number of rotatable bonds is 5. The lowest BCUT2D eigenvalue weighted by Crippen LogP contribution is -2.24. The van der Waals surface area contributed by atoms with Crippen LogP contribution in [0.4, 0.5) is 10.5 Å². The Balaban J connectivity index is 1.92. The first-order valence-electron chi connectivity index (χ1n) is 6.87. The third-order valence-corrected chi connectivity index (χ3v) is 3.93. The van der Waals surface area contributed by atoms with E-state index in [-0.39, 0.29) is 0 Å². The molecule has 2 aromatic rings. The molecule has 0 spiro atoms. The maximum absolute atomic E-state index is 11.7. The highest BCUT2D eigenvalue weighted by Crippen LogP contribution is 2.21. The average Bonchev–Trinajstić information content (AvgIpc) is 2.52. The molecule has 0 fully saturated rings. The van der Waals surface area contributed by atoms with Crippen LogP contribution in [-0.4, -0.2) is 18.9 Å². The summed E-state index contributed by atoms with van der Waals surface area (Å²) in [5.41, 5.74) is 3.78. The first-order valence-corrected chi connectivity index (χ1v) is 8.32. The van der Waals surface area contributed by atoms with E-state index in [4.69, 9.17) is 16.3 Å². The van der Waals surface area contributed by atoms with Crippen LogP contribution in [0.1, 0.15) is 12.5 Å². The molecule has 2 aromatic carbocycles. The van der Waals surface area contributed by atoms with Crippen molar-refractivity contribution < 1.29 is 9.53 Å². The van der Waals surface area contributed by atoms with Crippen LogP contribution in [0, 0.1) is 3.57 Å². The Morgan fingerprint density at radius 1 is 1.35 bits per heavy atom. The Hall–Kier alpha value is -1.80. The van der Waals surface area contributed by atoms with Gasteiger partial charge in [-0.3, -0.25) is 0 Å². The molecule has 2 amide bonds. The van der Waals surface area contributed by atoms with Crippen molar-refractivity contribution in [1.29, 1.82) is 0 Å². The summed E-state index contributed by atoms with van der Waals surface area (Å²) in [5, 5.41) is 6.99. The summed E-state index contributed by atoms with van der Waals surface area (Å²) < 4.78 is 6.45. The molecule has 23 heavy (non-hydrogen) atoms. The van der Waals surface area contributed by atoms with Crippen LogP contribution in [0.3, 0.4) is 0 Å². The first kappa shape index (κ1) is 17.6. The zero-order valence-corrected chi connectivity index (χ0v) is 15.3. The van der Waals surface area contributed by atoms with Crippen molar-refractivity contribution in [2.45, 2.75) is 6.92 Å². The molecule has 0 bridgehead atoms. The van der Waals surface area contributed by atoms with Gasteiger partial charge in [-0.25, -0.2) is 10.2 Å². The van der Waals surface area contributed by atoms with Gasteiger partial charge in [0.15, 0.2) is 0 Å². The fourth-order valence-electron chi connectivity index (χ4n) is 1.75. The van der Waals surface area contributed by atoms with Gasteiger partial charge in [0.05, 0.1) is 27.1 Å². The number of nitrogens with zero attached hydrogens (tertiary/aromatic N) is 1. The Labute approximate surface area is 153 Å². The van der Waals surface area contributed by atoms with Crippen LogP contribution < -0.4 is 15.5 Å². The minimum absolute atomic E-state index is 0.463. The van der Waals surface area contributed by atoms with E-state index in [1.165, 1.54) is 0 Å². The highest BCUT2D eigenvalue weighted by atomic mass is 127. The topological polar surface area (TPSA) is 62.7 Å². The maximum atomic E-state index is 11.7. The number of halogens is 2. The number of urea groups is 1. The van der Waals surface area contributed by atoms with E-state index in [2.05, 4.69) is 38.4 Å². The molecule has 0 aromatic heterocycles. The zero-order valence-electron chi connectivity index (χ0n) is 12.3. The minimum atomic E-state index is -0.463. The molecular weight excluding hydrogens is 429 g/mol. The Morgan fingerprint density at radius 2 is 2.13 bits per heavy atom. The van der Waals surface area contributed by atoms with Gasteiger partial charge in [0.2, 0.25) is 0 Å². The lowest BCUT2D eigenvalue weighted by molar-refractivity contribution is 0.252. The standard InChI is InChI=1S/C16H15ClIN3O2/c1-2-23-15-8-7-11(9-13(15)18)10-19-21-16(22)20-14-6-4-3-5-12(14)17/h3-10H,2H2,1H3,(H2,20,21,22)/b19-10+. The monoisotopic (exact) mass is 443 g/mol. The molecule has 0 aliphatic rings. The van der Waals surface area contributed by atoms with Crippen molar-refractivity contribution >= 4 is 52.1 Å². The highest BCUT2D eigenvalue weighted by molar-refractivity contribution is 14.1. The van der Waals surface area contributed by atoms with Gasteiger partial charge in [-0.05, 0) is 65.4 Å². The van der Waals surface area contributed by atoms with Gasteiger partial charge in [0.25, 0.3) is 0 Å². The molecule has 0 unspecified atom stereocenters. The summed E-state index contributed by atoms with van der Waals surface area (Å²) >= 11 is 8.15. The normalized spacial score (nSPS) is 10.6. The molecule has 0 atom stereocenters. The van der Waals surface area contributed by atoms with Crippen LogP contribution in [0.2, 0.25) is 5.02 Å². The highest BCUT2D eigenvalue weighted by Gasteiger charge is 2.04. The number of hydrogen-bond donors (Lipinski definition) is 2. The summed E-state index contributed by atoms with van der Waals surface area (Å²) in [6.07, 6.45) is 1.56. The number of benzene rings is 2. The van der Waals surface area contributed by atoms with Gasteiger partial charge in [-0.1, -0.05) is 23.7 Å². The van der Waals surface area contributed by atoms with Crippen molar-refractivity contribution in [3.05, 3.63) is 56.6 Å². The van der Waals surface area contributed by atoms with E-state index in [9.17, 15) is 4.79 Å². The summed E-state index contributed by atoms with van der Waals surface area (Å²) in [7, 11) is 0. The van der Waals surface area contributed by atoms with Crippen LogP contribution in [0.15, 0.2) is 47.6 Å². The quantitative estimate of drug-likeness (QED) is 0.406. The van der Waals surface area contributed by atoms with E-state index in [0.717, 1.165) is 14.9 Å². The predicted octanol–water partition coefficient (Wildman–Crippen LogP) is 4.50. The smallest absolute Gasteiger partial charge is 0.339 e. The van der Waals surface area contributed by atoms with Gasteiger partial charge in [-0.15, -0.1) is 0 Å². The van der Waals surface area contributed by atoms with E-state index in [0.29, 0.717) is 17.3 Å². The lowest BCUT2D eigenvalue weighted by atomic mass is 10.2. The number of carbonyl (C=O) groups excluding carboxylic acids is 1. The molecule has 0 aliphatic carbocycles. The number of carbonyl (C=O) groups is 1. The van der Waals surface area contributed by atoms with Gasteiger partial charge in [0, 0.05) is 0 Å². The minimum Gasteiger partial charge on any atom is -0.493 e. The van der Waals surface area contributed by atoms with Crippen molar-refractivity contribution in [3.8, 4) is 5.75 Å². The second kappa shape index (κ2) is 8.73. The SMILES string of the molecule is CCOc1ccc(/C=N/NC(=O)Nc2ccccc2Cl)cc1I. The number of nitrogens with one attached hydrogen (secondary N) is 2. The lowest BCUT2D eigenvalue weighted by Gasteiger charge is -2.06. The largest absolute Gasteiger partial charge is 0.493 e. The van der Waals surface area contributed by atoms with Gasteiger partial charge in [0.1, 0.15) is 5.75 Å². The number of amides is 2. The summed E-state index contributed by atoms with van der Waals surface area (Å²) in [4.78, 5) is 11.7. The molecule has 0 radical (unpaired) electrons. The van der Waals surface area contributed by atoms with Crippen molar-refractivity contribution in [2.24, 2.45) is 5.10 Å². The molecule has 0 aliphatic heterocycles. The van der Waals surface area contributed by atoms with Gasteiger partial charge < -0.3 is 10.1 Å². The second-order valence-corrected chi connectivity index (χ2v) is 6.00. The molecule has 0 saturated heterocycles. The third kappa shape index (κ3) is 5.40. The van der Waals surface area contributed by atoms with Crippen molar-refractivity contribution in [3.63, 3.8) is 0 Å². The summed E-state index contributed by atoms with van der Waals surface area (Å²) in [6.45, 7) is 2.56. The predicted molar refractivity (Wildman–Crippen MR) is 102 cm³/mol. The maximum Gasteiger partial charge on any atom is 0.339 e. The summed E-state index contributed by atoms with van der Waals surface area (Å²) in [5.74, 6) is 0.828. The van der Waals surface area contributed by atoms with Crippen molar-refractivity contribution in [1.82, 2.24) is 5.43 Å². The molecule has 120 valence electrons. The van der Waals surface area contributed by atoms with Gasteiger partial charge >= 0.3 is 6.03 Å². The first-order chi connectivity index (χ1) is 11.1. The molecule has 2 rings (SSSR count). The van der Waals surface area contributed by atoms with Gasteiger partial charge in [-0.2, -0.15) is 5.10 Å². The fourth-order valence-corrected chi connectivity index (χ4v) is 2.63. The zero-order chi connectivity index (χ0) is 16.7. The van der Waals surface area contributed by atoms with E-state index < -0.39 is 6.03 Å². The van der Waals surface area contributed by atoms with Crippen LogP contribution in [-0.2, 0) is 0 Å². The van der Waals surface area contributed by atoms with Crippen LogP contribution >= 0.6 is 34.2 Å². The number of anilines is 1. The van der Waals surface area contributed by atoms with Crippen molar-refractivity contribution in [2.75, 3.05) is 11.9 Å². The molecule has 0 heterocycles. The van der Waals surface area contributed by atoms with E-state index >= 15 is 0 Å². The average molecular weight is 444 g/mol. The Bertz CT molecular complexity index is 722. The third-order valence-electron chi connectivity index (χ3n) is 2.76. The number of para-hydroxylation sites is 1. The number of hydrogen-bond acceptors (Lipinski definition) is 3. The molecule has 0 saturated carbocycles. The van der Waals surface area contributed by atoms with E-state index in [1.54, 1.807) is 30.5 Å². The second-order valence-electron chi connectivity index (χ2n) is 4.43. The molecule has 5 nitrogen and oxygen atoms in total. The molecular formula is C16H15ClIN3O2. The molecule has 2 N–H and O–H groups in total. The van der Waals surface area contributed by atoms with E-state index in [1.807, 2.05) is 25.1 Å². The van der Waals surface area contributed by atoms with Crippen LogP contribution in [0.25, 0.3) is 0 Å². The number of ether oxygens (including phenoxy) is 1.